The average molecular weight is 271 g/mol. The Hall–Kier alpha value is -2.16. The Morgan fingerprint density at radius 2 is 1.75 bits per heavy atom. The van der Waals surface area contributed by atoms with E-state index in [9.17, 15) is 0 Å². The van der Waals surface area contributed by atoms with Crippen molar-refractivity contribution in [2.24, 2.45) is 0 Å². The van der Waals surface area contributed by atoms with Gasteiger partial charge in [0.2, 0.25) is 0 Å². The maximum absolute atomic E-state index is 5.94. The molecule has 0 aromatic heterocycles. The first kappa shape index (κ1) is 14.3. The maximum atomic E-state index is 5.94. The lowest BCUT2D eigenvalue weighted by molar-refractivity contribution is 0.242. The zero-order valence-corrected chi connectivity index (χ0v) is 12.2. The van der Waals surface area contributed by atoms with Crippen molar-refractivity contribution in [3.63, 3.8) is 0 Å². The van der Waals surface area contributed by atoms with E-state index in [1.807, 2.05) is 38.1 Å². The second-order valence-corrected chi connectivity index (χ2v) is 4.97. The van der Waals surface area contributed by atoms with Gasteiger partial charge in [-0.2, -0.15) is 0 Å². The highest BCUT2D eigenvalue weighted by molar-refractivity contribution is 5.52. The molecule has 0 fully saturated rings. The van der Waals surface area contributed by atoms with E-state index >= 15 is 0 Å². The SMILES string of the molecule is CCc1ccccc1Oc1cc(N)cc(OC(C)C)c1. The number of benzene rings is 2. The predicted molar refractivity (Wildman–Crippen MR) is 82.5 cm³/mol. The average Bonchev–Trinajstić information content (AvgIpc) is 2.37. The smallest absolute Gasteiger partial charge is 0.133 e. The number of nitrogen functional groups attached to an aromatic ring is 1. The van der Waals surface area contributed by atoms with Gasteiger partial charge in [0.05, 0.1) is 6.10 Å². The molecule has 2 aromatic carbocycles. The Morgan fingerprint density at radius 1 is 1.05 bits per heavy atom. The summed E-state index contributed by atoms with van der Waals surface area (Å²) in [6.45, 7) is 6.07. The highest BCUT2D eigenvalue weighted by Crippen LogP contribution is 2.30. The summed E-state index contributed by atoms with van der Waals surface area (Å²) in [6.07, 6.45) is 1.03. The van der Waals surface area contributed by atoms with Crippen molar-refractivity contribution in [2.75, 3.05) is 5.73 Å². The van der Waals surface area contributed by atoms with Crippen LogP contribution in [0.15, 0.2) is 42.5 Å². The molecule has 0 saturated heterocycles. The Bertz CT molecular complexity index is 579. The molecule has 0 atom stereocenters. The summed E-state index contributed by atoms with van der Waals surface area (Å²) >= 11 is 0. The first-order valence-corrected chi connectivity index (χ1v) is 6.91. The summed E-state index contributed by atoms with van der Waals surface area (Å²) in [4.78, 5) is 0. The summed E-state index contributed by atoms with van der Waals surface area (Å²) in [5.41, 5.74) is 7.70. The molecule has 0 aliphatic heterocycles. The molecule has 20 heavy (non-hydrogen) atoms. The van der Waals surface area contributed by atoms with E-state index in [0.717, 1.165) is 17.9 Å². The molecule has 2 N–H and O–H groups in total. The summed E-state index contributed by atoms with van der Waals surface area (Å²) < 4.78 is 11.6. The number of ether oxygens (including phenoxy) is 2. The molecule has 0 unspecified atom stereocenters. The number of nitrogens with two attached hydrogens (primary N) is 1. The van der Waals surface area contributed by atoms with Gasteiger partial charge in [-0.25, -0.2) is 0 Å². The van der Waals surface area contributed by atoms with E-state index in [2.05, 4.69) is 13.0 Å². The number of para-hydroxylation sites is 1. The zero-order chi connectivity index (χ0) is 14.5. The second kappa shape index (κ2) is 6.33. The monoisotopic (exact) mass is 271 g/mol. The first-order chi connectivity index (χ1) is 9.58. The van der Waals surface area contributed by atoms with Crippen LogP contribution in [-0.2, 0) is 6.42 Å². The molecule has 3 nitrogen and oxygen atoms in total. The van der Waals surface area contributed by atoms with Gasteiger partial charge in [0.1, 0.15) is 17.2 Å². The number of hydrogen-bond donors (Lipinski definition) is 1. The van der Waals surface area contributed by atoms with Crippen LogP contribution in [-0.4, -0.2) is 6.10 Å². The zero-order valence-electron chi connectivity index (χ0n) is 12.2. The van der Waals surface area contributed by atoms with E-state index < -0.39 is 0 Å². The third-order valence-corrected chi connectivity index (χ3v) is 2.86. The molecular formula is C17H21NO2. The third kappa shape index (κ3) is 3.67. The summed E-state index contributed by atoms with van der Waals surface area (Å²) in [5, 5.41) is 0. The molecule has 3 heteroatoms. The fourth-order valence-corrected chi connectivity index (χ4v) is 2.02. The molecule has 2 rings (SSSR count). The minimum atomic E-state index is 0.104. The molecule has 0 spiro atoms. The lowest BCUT2D eigenvalue weighted by Crippen LogP contribution is -2.06. The third-order valence-electron chi connectivity index (χ3n) is 2.86. The van der Waals surface area contributed by atoms with Gasteiger partial charge in [-0.15, -0.1) is 0 Å². The van der Waals surface area contributed by atoms with Crippen LogP contribution in [0.1, 0.15) is 26.3 Å². The van der Waals surface area contributed by atoms with Gasteiger partial charge >= 0.3 is 0 Å². The molecule has 0 aliphatic rings. The quantitative estimate of drug-likeness (QED) is 0.819. The molecule has 0 amide bonds. The van der Waals surface area contributed by atoms with Crippen LogP contribution in [0.4, 0.5) is 5.69 Å². The van der Waals surface area contributed by atoms with Crippen molar-refractivity contribution in [2.45, 2.75) is 33.3 Å². The van der Waals surface area contributed by atoms with Gasteiger partial charge in [-0.05, 0) is 31.9 Å². The van der Waals surface area contributed by atoms with Gasteiger partial charge in [0, 0.05) is 23.9 Å². The fourth-order valence-electron chi connectivity index (χ4n) is 2.02. The standard InChI is InChI=1S/C17H21NO2/c1-4-13-7-5-6-8-17(13)20-16-10-14(18)9-15(11-16)19-12(2)3/h5-12H,4,18H2,1-3H3. The Kier molecular flexibility index (Phi) is 4.51. The molecule has 0 aliphatic carbocycles. The minimum absolute atomic E-state index is 0.104. The van der Waals surface area contributed by atoms with Crippen LogP contribution in [0.5, 0.6) is 17.2 Å². The van der Waals surface area contributed by atoms with Crippen LogP contribution >= 0.6 is 0 Å². The number of aryl methyl sites for hydroxylation is 1. The van der Waals surface area contributed by atoms with Crippen molar-refractivity contribution < 1.29 is 9.47 Å². The minimum Gasteiger partial charge on any atom is -0.491 e. The molecule has 0 radical (unpaired) electrons. The first-order valence-electron chi connectivity index (χ1n) is 6.91. The lowest BCUT2D eigenvalue weighted by Gasteiger charge is -2.14. The highest BCUT2D eigenvalue weighted by atomic mass is 16.5. The molecular weight excluding hydrogens is 250 g/mol. The van der Waals surface area contributed by atoms with Crippen molar-refractivity contribution in [3.8, 4) is 17.2 Å². The summed E-state index contributed by atoms with van der Waals surface area (Å²) in [5.74, 6) is 2.28. The molecule has 2 aromatic rings. The second-order valence-electron chi connectivity index (χ2n) is 4.97. The van der Waals surface area contributed by atoms with Gasteiger partial charge in [0.15, 0.2) is 0 Å². The number of anilines is 1. The van der Waals surface area contributed by atoms with Crippen LogP contribution < -0.4 is 15.2 Å². The van der Waals surface area contributed by atoms with Gasteiger partial charge < -0.3 is 15.2 Å². The Labute approximate surface area is 120 Å². The van der Waals surface area contributed by atoms with Gasteiger partial charge in [-0.3, -0.25) is 0 Å². The largest absolute Gasteiger partial charge is 0.491 e. The summed E-state index contributed by atoms with van der Waals surface area (Å²) in [6, 6.07) is 13.5. The Morgan fingerprint density at radius 3 is 2.45 bits per heavy atom. The fraction of sp³-hybridized carbons (Fsp3) is 0.294. The molecule has 106 valence electrons. The van der Waals surface area contributed by atoms with Crippen LogP contribution in [0, 0.1) is 0 Å². The van der Waals surface area contributed by atoms with Crippen molar-refractivity contribution in [1.29, 1.82) is 0 Å². The van der Waals surface area contributed by atoms with Crippen molar-refractivity contribution in [3.05, 3.63) is 48.0 Å². The van der Waals surface area contributed by atoms with Crippen molar-refractivity contribution >= 4 is 5.69 Å². The van der Waals surface area contributed by atoms with Crippen molar-refractivity contribution in [1.82, 2.24) is 0 Å². The van der Waals surface area contributed by atoms with Crippen LogP contribution in [0.3, 0.4) is 0 Å². The lowest BCUT2D eigenvalue weighted by atomic mass is 10.1. The maximum Gasteiger partial charge on any atom is 0.133 e. The van der Waals surface area contributed by atoms with E-state index in [1.54, 1.807) is 12.1 Å². The van der Waals surface area contributed by atoms with E-state index in [-0.39, 0.29) is 6.10 Å². The van der Waals surface area contributed by atoms with E-state index in [0.29, 0.717) is 11.4 Å². The number of hydrogen-bond acceptors (Lipinski definition) is 3. The van der Waals surface area contributed by atoms with E-state index in [4.69, 9.17) is 15.2 Å². The highest BCUT2D eigenvalue weighted by Gasteiger charge is 2.06. The summed E-state index contributed by atoms with van der Waals surface area (Å²) in [7, 11) is 0. The van der Waals surface area contributed by atoms with Crippen LogP contribution in [0.25, 0.3) is 0 Å². The van der Waals surface area contributed by atoms with Crippen LogP contribution in [0.2, 0.25) is 0 Å². The molecule has 0 bridgehead atoms. The predicted octanol–water partition coefficient (Wildman–Crippen LogP) is 4.41. The van der Waals surface area contributed by atoms with E-state index in [1.165, 1.54) is 5.56 Å². The normalized spacial score (nSPS) is 10.6. The van der Waals surface area contributed by atoms with Gasteiger partial charge in [0.25, 0.3) is 0 Å². The van der Waals surface area contributed by atoms with Gasteiger partial charge in [-0.1, -0.05) is 25.1 Å². The number of rotatable bonds is 5. The molecule has 0 saturated carbocycles. The Balaban J connectivity index is 2.26. The molecule has 0 heterocycles. The topological polar surface area (TPSA) is 44.5 Å².